The Balaban J connectivity index is 1.07. The average molecular weight is 580 g/mol. The van der Waals surface area contributed by atoms with Crippen LogP contribution in [0.2, 0.25) is 0 Å². The van der Waals surface area contributed by atoms with Crippen molar-refractivity contribution in [2.45, 2.75) is 0 Å². The van der Waals surface area contributed by atoms with E-state index in [1.54, 1.807) is 6.20 Å². The number of pyridine rings is 1. The van der Waals surface area contributed by atoms with E-state index in [-0.39, 0.29) is 0 Å². The predicted molar refractivity (Wildman–Crippen MR) is 186 cm³/mol. The molecular weight excluding hydrogens is 555 g/mol. The molecule has 9 rings (SSSR count). The number of nitrogens with zero attached hydrogens (tertiary/aromatic N) is 1. The molecule has 3 aromatic heterocycles. The van der Waals surface area contributed by atoms with E-state index in [1.165, 1.54) is 59.1 Å². The molecule has 3 heteroatoms. The Kier molecular flexibility index (Phi) is 5.71. The van der Waals surface area contributed by atoms with E-state index in [9.17, 15) is 0 Å². The van der Waals surface area contributed by atoms with Gasteiger partial charge in [-0.2, -0.15) is 0 Å². The number of furan rings is 1. The van der Waals surface area contributed by atoms with Gasteiger partial charge in [0.2, 0.25) is 0 Å². The van der Waals surface area contributed by atoms with E-state index in [0.29, 0.717) is 0 Å². The summed E-state index contributed by atoms with van der Waals surface area (Å²) in [6, 6.07) is 50.4. The molecule has 0 saturated heterocycles. The second kappa shape index (κ2) is 10.0. The number of hydrogen-bond donors (Lipinski definition) is 0. The second-order valence-corrected chi connectivity index (χ2v) is 12.3. The van der Waals surface area contributed by atoms with E-state index in [0.717, 1.165) is 27.5 Å². The van der Waals surface area contributed by atoms with Crippen LogP contribution in [-0.4, -0.2) is 4.98 Å². The molecule has 0 aliphatic carbocycles. The summed E-state index contributed by atoms with van der Waals surface area (Å²) < 4.78 is 8.69. The Hall–Kier alpha value is -5.51. The zero-order valence-electron chi connectivity index (χ0n) is 23.7. The molecule has 6 aromatic carbocycles. The lowest BCUT2D eigenvalue weighted by molar-refractivity contribution is 0.668. The smallest absolute Gasteiger partial charge is 0.138 e. The molecule has 3 heterocycles. The van der Waals surface area contributed by atoms with Crippen LogP contribution in [0.5, 0.6) is 0 Å². The van der Waals surface area contributed by atoms with Gasteiger partial charge in [-0.1, -0.05) is 84.9 Å². The Bertz CT molecular complexity index is 2350. The van der Waals surface area contributed by atoms with Gasteiger partial charge in [-0.25, -0.2) is 0 Å². The summed E-state index contributed by atoms with van der Waals surface area (Å²) in [5.74, 6) is 0. The average Bonchev–Trinajstić information content (AvgIpc) is 3.66. The van der Waals surface area contributed by atoms with E-state index in [1.807, 2.05) is 23.6 Å². The summed E-state index contributed by atoms with van der Waals surface area (Å²) in [6.45, 7) is 0. The lowest BCUT2D eigenvalue weighted by Gasteiger charge is -2.10. The third-order valence-corrected chi connectivity index (χ3v) is 9.72. The fraction of sp³-hybridized carbons (Fsp3) is 0. The highest BCUT2D eigenvalue weighted by molar-refractivity contribution is 7.25. The molecule has 9 aromatic rings. The van der Waals surface area contributed by atoms with Crippen molar-refractivity contribution >= 4 is 53.4 Å². The first-order valence-corrected chi connectivity index (χ1v) is 15.6. The van der Waals surface area contributed by atoms with Gasteiger partial charge in [0.05, 0.1) is 0 Å². The normalized spacial score (nSPS) is 11.6. The van der Waals surface area contributed by atoms with Crippen LogP contribution in [0.25, 0.3) is 86.6 Å². The molecule has 0 aliphatic heterocycles. The van der Waals surface area contributed by atoms with Gasteiger partial charge in [-0.3, -0.25) is 4.98 Å². The van der Waals surface area contributed by atoms with Crippen LogP contribution >= 0.6 is 11.3 Å². The van der Waals surface area contributed by atoms with Gasteiger partial charge >= 0.3 is 0 Å². The molecule has 0 atom stereocenters. The van der Waals surface area contributed by atoms with Crippen LogP contribution in [0.15, 0.2) is 156 Å². The van der Waals surface area contributed by atoms with E-state index < -0.39 is 0 Å². The molecule has 0 spiro atoms. The van der Waals surface area contributed by atoms with Crippen LogP contribution in [0, 0.1) is 0 Å². The minimum absolute atomic E-state index is 0.863. The van der Waals surface area contributed by atoms with Gasteiger partial charge < -0.3 is 4.42 Å². The maximum atomic E-state index is 6.02. The minimum Gasteiger partial charge on any atom is -0.456 e. The third kappa shape index (κ3) is 4.21. The molecule has 0 saturated carbocycles. The van der Waals surface area contributed by atoms with E-state index in [4.69, 9.17) is 4.42 Å². The molecule has 2 nitrogen and oxygen atoms in total. The zero-order valence-corrected chi connectivity index (χ0v) is 24.5. The number of thiophene rings is 1. The van der Waals surface area contributed by atoms with Crippen molar-refractivity contribution in [3.05, 3.63) is 152 Å². The largest absolute Gasteiger partial charge is 0.456 e. The first kappa shape index (κ1) is 25.0. The van der Waals surface area contributed by atoms with Crippen molar-refractivity contribution in [2.24, 2.45) is 0 Å². The van der Waals surface area contributed by atoms with Crippen molar-refractivity contribution < 1.29 is 4.42 Å². The molecule has 0 bridgehead atoms. The summed E-state index contributed by atoms with van der Waals surface area (Å²) >= 11 is 1.86. The summed E-state index contributed by atoms with van der Waals surface area (Å²) in [4.78, 5) is 4.31. The maximum absolute atomic E-state index is 6.02. The number of hydrogen-bond acceptors (Lipinski definition) is 3. The first-order valence-electron chi connectivity index (χ1n) is 14.8. The number of rotatable bonds is 4. The zero-order chi connectivity index (χ0) is 29.0. The van der Waals surface area contributed by atoms with Gasteiger partial charge in [-0.05, 0) is 99.1 Å². The van der Waals surface area contributed by atoms with Crippen molar-refractivity contribution in [1.82, 2.24) is 4.98 Å². The highest BCUT2D eigenvalue weighted by Crippen LogP contribution is 2.38. The van der Waals surface area contributed by atoms with Crippen LogP contribution in [-0.2, 0) is 0 Å². The fourth-order valence-electron chi connectivity index (χ4n) is 6.34. The third-order valence-electron chi connectivity index (χ3n) is 8.57. The summed E-state index contributed by atoms with van der Waals surface area (Å²) in [6.07, 6.45) is 3.65. The van der Waals surface area contributed by atoms with Crippen molar-refractivity contribution in [3.63, 3.8) is 0 Å². The Morgan fingerprint density at radius 3 is 1.57 bits per heavy atom. The van der Waals surface area contributed by atoms with E-state index in [2.05, 4.69) is 138 Å². The van der Waals surface area contributed by atoms with Crippen LogP contribution in [0.4, 0.5) is 0 Å². The van der Waals surface area contributed by atoms with Crippen LogP contribution < -0.4 is 0 Å². The lowest BCUT2D eigenvalue weighted by atomic mass is 9.94. The number of aromatic nitrogens is 1. The van der Waals surface area contributed by atoms with Crippen molar-refractivity contribution in [1.29, 1.82) is 0 Å². The summed E-state index contributed by atoms with van der Waals surface area (Å²) in [7, 11) is 0. The standard InChI is InChI=1S/C41H25NOS/c1-2-13-40-34(12-1)36-24-33(15-17-41(36)44-40)31-11-5-9-29(22-31)27-7-3-6-26(20-27)28-8-4-10-30(21-28)32-14-16-38-35(23-32)37-25-42-19-18-39(37)43-38/h1-25H. The van der Waals surface area contributed by atoms with Gasteiger partial charge in [0.25, 0.3) is 0 Å². The Morgan fingerprint density at radius 2 is 0.909 bits per heavy atom. The fourth-order valence-corrected chi connectivity index (χ4v) is 7.43. The molecule has 0 amide bonds. The molecule has 0 N–H and O–H groups in total. The topological polar surface area (TPSA) is 26.0 Å². The minimum atomic E-state index is 0.863. The monoisotopic (exact) mass is 579 g/mol. The molecular formula is C41H25NOS. The Labute approximate surface area is 258 Å². The number of fused-ring (bicyclic) bond motifs is 6. The molecule has 0 fully saturated rings. The summed E-state index contributed by atoms with van der Waals surface area (Å²) in [5, 5.41) is 4.78. The maximum Gasteiger partial charge on any atom is 0.138 e. The van der Waals surface area contributed by atoms with Crippen molar-refractivity contribution in [3.8, 4) is 44.5 Å². The van der Waals surface area contributed by atoms with Gasteiger partial charge in [0.1, 0.15) is 11.2 Å². The van der Waals surface area contributed by atoms with Gasteiger partial charge in [-0.15, -0.1) is 11.3 Å². The molecule has 44 heavy (non-hydrogen) atoms. The van der Waals surface area contributed by atoms with Gasteiger partial charge in [0.15, 0.2) is 0 Å². The molecule has 0 aliphatic rings. The van der Waals surface area contributed by atoms with Crippen LogP contribution in [0.3, 0.4) is 0 Å². The summed E-state index contributed by atoms with van der Waals surface area (Å²) in [5.41, 5.74) is 11.3. The SMILES string of the molecule is c1cc(-c2cccc(-c3ccc4oc5ccncc5c4c3)c2)cc(-c2cccc(-c3ccc4sc5ccccc5c4c3)c2)c1. The Morgan fingerprint density at radius 1 is 0.386 bits per heavy atom. The first-order chi connectivity index (χ1) is 21.8. The lowest BCUT2D eigenvalue weighted by Crippen LogP contribution is -1.85. The van der Waals surface area contributed by atoms with Gasteiger partial charge in [0, 0.05) is 43.3 Å². The highest BCUT2D eigenvalue weighted by atomic mass is 32.1. The number of benzene rings is 6. The molecule has 0 unspecified atom stereocenters. The molecule has 0 radical (unpaired) electrons. The predicted octanol–water partition coefficient (Wildman–Crippen LogP) is 12.0. The van der Waals surface area contributed by atoms with Crippen molar-refractivity contribution in [2.75, 3.05) is 0 Å². The quantitative estimate of drug-likeness (QED) is 0.207. The van der Waals surface area contributed by atoms with E-state index >= 15 is 0 Å². The van der Waals surface area contributed by atoms with Crippen LogP contribution in [0.1, 0.15) is 0 Å². The second-order valence-electron chi connectivity index (χ2n) is 11.2. The molecule has 206 valence electrons. The highest BCUT2D eigenvalue weighted by Gasteiger charge is 2.11.